The first-order valence-electron chi connectivity index (χ1n) is 6.41. The molecule has 5 heteroatoms. The van der Waals surface area contributed by atoms with Gasteiger partial charge in [-0.1, -0.05) is 19.3 Å². The van der Waals surface area contributed by atoms with Gasteiger partial charge in [-0.3, -0.25) is 5.43 Å². The van der Waals surface area contributed by atoms with Crippen LogP contribution in [0.4, 0.5) is 0 Å². The predicted octanol–water partition coefficient (Wildman–Crippen LogP) is 2.20. The van der Waals surface area contributed by atoms with E-state index in [1.54, 1.807) is 7.11 Å². The van der Waals surface area contributed by atoms with Crippen molar-refractivity contribution in [3.63, 3.8) is 0 Å². The molecule has 0 aromatic rings. The quantitative estimate of drug-likeness (QED) is 0.460. The van der Waals surface area contributed by atoms with Crippen LogP contribution in [0.25, 0.3) is 0 Å². The SMILES string of the molecule is COCCNC(=S)NN=C1CCCCCCC1. The number of thiocarbonyl (C=S) groups is 1. The van der Waals surface area contributed by atoms with Gasteiger partial charge in [0.15, 0.2) is 5.11 Å². The van der Waals surface area contributed by atoms with Crippen LogP contribution in [-0.4, -0.2) is 31.1 Å². The zero-order valence-electron chi connectivity index (χ0n) is 10.6. The summed E-state index contributed by atoms with van der Waals surface area (Å²) in [7, 11) is 1.67. The molecule has 1 aliphatic carbocycles. The smallest absolute Gasteiger partial charge is 0.187 e. The molecule has 0 amide bonds. The van der Waals surface area contributed by atoms with Gasteiger partial charge in [0.1, 0.15) is 0 Å². The summed E-state index contributed by atoms with van der Waals surface area (Å²) in [4.78, 5) is 0. The Morgan fingerprint density at radius 3 is 2.53 bits per heavy atom. The Balaban J connectivity index is 2.22. The van der Waals surface area contributed by atoms with E-state index in [9.17, 15) is 0 Å². The molecule has 0 unspecified atom stereocenters. The van der Waals surface area contributed by atoms with E-state index in [4.69, 9.17) is 17.0 Å². The zero-order chi connectivity index (χ0) is 12.3. The van der Waals surface area contributed by atoms with Gasteiger partial charge < -0.3 is 10.1 Å². The summed E-state index contributed by atoms with van der Waals surface area (Å²) >= 11 is 5.11. The van der Waals surface area contributed by atoms with Crippen LogP contribution in [0.15, 0.2) is 5.10 Å². The van der Waals surface area contributed by atoms with Gasteiger partial charge in [-0.15, -0.1) is 0 Å². The van der Waals surface area contributed by atoms with Crippen LogP contribution in [0.2, 0.25) is 0 Å². The Morgan fingerprint density at radius 2 is 1.88 bits per heavy atom. The molecule has 0 heterocycles. The van der Waals surface area contributed by atoms with Crippen LogP contribution in [0.1, 0.15) is 44.9 Å². The topological polar surface area (TPSA) is 45.6 Å². The first-order chi connectivity index (χ1) is 8.33. The van der Waals surface area contributed by atoms with Gasteiger partial charge in [-0.05, 0) is 37.9 Å². The summed E-state index contributed by atoms with van der Waals surface area (Å²) in [6, 6.07) is 0. The van der Waals surface area contributed by atoms with Crippen LogP contribution in [0, 0.1) is 0 Å². The average Bonchev–Trinajstić information content (AvgIpc) is 2.28. The van der Waals surface area contributed by atoms with Crippen molar-refractivity contribution in [2.24, 2.45) is 5.10 Å². The Bertz CT molecular complexity index is 246. The molecule has 98 valence electrons. The van der Waals surface area contributed by atoms with Crippen LogP contribution in [-0.2, 0) is 4.74 Å². The number of nitrogens with one attached hydrogen (secondary N) is 2. The molecule has 0 atom stereocenters. The van der Waals surface area contributed by atoms with Gasteiger partial charge in [0.25, 0.3) is 0 Å². The predicted molar refractivity (Wildman–Crippen MR) is 75.4 cm³/mol. The molecule has 1 aliphatic rings. The molecule has 4 nitrogen and oxygen atoms in total. The fourth-order valence-electron chi connectivity index (χ4n) is 1.86. The van der Waals surface area contributed by atoms with Gasteiger partial charge >= 0.3 is 0 Å². The van der Waals surface area contributed by atoms with E-state index in [0.29, 0.717) is 18.3 Å². The lowest BCUT2D eigenvalue weighted by Gasteiger charge is -2.12. The lowest BCUT2D eigenvalue weighted by molar-refractivity contribution is 0.204. The summed E-state index contributed by atoms with van der Waals surface area (Å²) in [5.41, 5.74) is 4.16. The second-order valence-corrected chi connectivity index (χ2v) is 4.71. The van der Waals surface area contributed by atoms with Gasteiger partial charge in [0.2, 0.25) is 0 Å². The number of rotatable bonds is 4. The molecule has 1 fully saturated rings. The highest BCUT2D eigenvalue weighted by atomic mass is 32.1. The molecule has 0 spiro atoms. The van der Waals surface area contributed by atoms with Gasteiger partial charge in [-0.25, -0.2) is 0 Å². The standard InChI is InChI=1S/C12H23N3OS/c1-16-10-9-13-12(17)15-14-11-7-5-3-2-4-6-8-11/h2-10H2,1H3,(H2,13,15,17). The van der Waals surface area contributed by atoms with Crippen molar-refractivity contribution in [3.05, 3.63) is 0 Å². The number of hydrogen-bond acceptors (Lipinski definition) is 3. The Morgan fingerprint density at radius 1 is 1.24 bits per heavy atom. The summed E-state index contributed by atoms with van der Waals surface area (Å²) in [6.07, 6.45) is 8.75. The molecule has 0 aromatic carbocycles. The van der Waals surface area contributed by atoms with Crippen LogP contribution < -0.4 is 10.7 Å². The van der Waals surface area contributed by atoms with E-state index < -0.39 is 0 Å². The zero-order valence-corrected chi connectivity index (χ0v) is 11.4. The monoisotopic (exact) mass is 257 g/mol. The lowest BCUT2D eigenvalue weighted by Crippen LogP contribution is -2.34. The maximum Gasteiger partial charge on any atom is 0.187 e. The van der Waals surface area contributed by atoms with E-state index in [2.05, 4.69) is 15.8 Å². The van der Waals surface area contributed by atoms with E-state index in [1.807, 2.05) is 0 Å². The van der Waals surface area contributed by atoms with E-state index in [1.165, 1.54) is 37.8 Å². The van der Waals surface area contributed by atoms with Crippen molar-refractivity contribution >= 4 is 23.0 Å². The lowest BCUT2D eigenvalue weighted by atomic mass is 9.99. The number of hydrogen-bond donors (Lipinski definition) is 2. The fraction of sp³-hybridized carbons (Fsp3) is 0.833. The summed E-state index contributed by atoms with van der Waals surface area (Å²) in [5, 5.41) is 8.01. The van der Waals surface area contributed by atoms with Crippen molar-refractivity contribution in [2.75, 3.05) is 20.3 Å². The van der Waals surface area contributed by atoms with E-state index in [0.717, 1.165) is 12.8 Å². The van der Waals surface area contributed by atoms with Gasteiger partial charge in [-0.2, -0.15) is 5.10 Å². The molecule has 0 aliphatic heterocycles. The summed E-state index contributed by atoms with van der Waals surface area (Å²) in [5.74, 6) is 0. The summed E-state index contributed by atoms with van der Waals surface area (Å²) in [6.45, 7) is 1.37. The fourth-order valence-corrected chi connectivity index (χ4v) is 2.01. The number of nitrogens with zero attached hydrogens (tertiary/aromatic N) is 1. The van der Waals surface area contributed by atoms with Crippen LogP contribution >= 0.6 is 12.2 Å². The number of hydrazone groups is 1. The van der Waals surface area contributed by atoms with Crippen molar-refractivity contribution < 1.29 is 4.74 Å². The largest absolute Gasteiger partial charge is 0.383 e. The molecule has 0 saturated heterocycles. The summed E-state index contributed by atoms with van der Waals surface area (Å²) < 4.78 is 4.93. The molecular formula is C12H23N3OS. The second-order valence-electron chi connectivity index (χ2n) is 4.31. The molecule has 0 bridgehead atoms. The van der Waals surface area contributed by atoms with Gasteiger partial charge in [0.05, 0.1) is 6.61 Å². The maximum absolute atomic E-state index is 5.11. The molecular weight excluding hydrogens is 234 g/mol. The van der Waals surface area contributed by atoms with Crippen molar-refractivity contribution in [3.8, 4) is 0 Å². The molecule has 17 heavy (non-hydrogen) atoms. The minimum absolute atomic E-state index is 0.580. The number of ether oxygens (including phenoxy) is 1. The normalized spacial score (nSPS) is 16.9. The van der Waals surface area contributed by atoms with Crippen molar-refractivity contribution in [1.29, 1.82) is 0 Å². The Labute approximate surface area is 109 Å². The highest BCUT2D eigenvalue weighted by molar-refractivity contribution is 7.80. The molecule has 2 N–H and O–H groups in total. The number of methoxy groups -OCH3 is 1. The van der Waals surface area contributed by atoms with Crippen molar-refractivity contribution in [2.45, 2.75) is 44.9 Å². The van der Waals surface area contributed by atoms with Gasteiger partial charge in [0, 0.05) is 19.4 Å². The molecule has 1 rings (SSSR count). The van der Waals surface area contributed by atoms with Crippen molar-refractivity contribution in [1.82, 2.24) is 10.7 Å². The first-order valence-corrected chi connectivity index (χ1v) is 6.82. The highest BCUT2D eigenvalue weighted by Crippen LogP contribution is 2.14. The Kier molecular flexibility index (Phi) is 7.92. The van der Waals surface area contributed by atoms with E-state index >= 15 is 0 Å². The van der Waals surface area contributed by atoms with Crippen LogP contribution in [0.5, 0.6) is 0 Å². The highest BCUT2D eigenvalue weighted by Gasteiger charge is 2.04. The molecule has 1 saturated carbocycles. The first kappa shape index (κ1) is 14.4. The molecule has 0 radical (unpaired) electrons. The minimum Gasteiger partial charge on any atom is -0.383 e. The van der Waals surface area contributed by atoms with Crippen LogP contribution in [0.3, 0.4) is 0 Å². The minimum atomic E-state index is 0.580. The van der Waals surface area contributed by atoms with E-state index in [-0.39, 0.29) is 0 Å². The third-order valence-electron chi connectivity index (χ3n) is 2.84. The third kappa shape index (κ3) is 7.28. The molecule has 0 aromatic heterocycles. The third-order valence-corrected chi connectivity index (χ3v) is 3.07. The maximum atomic E-state index is 5.11. The Hall–Kier alpha value is -0.680. The second kappa shape index (κ2) is 9.36. The average molecular weight is 257 g/mol.